The summed E-state index contributed by atoms with van der Waals surface area (Å²) in [5.41, 5.74) is 0. The van der Waals surface area contributed by atoms with Crippen molar-refractivity contribution in [3.05, 3.63) is 0 Å². The Kier molecular flexibility index (Phi) is 5.84. The van der Waals surface area contributed by atoms with E-state index >= 15 is 0 Å². The van der Waals surface area contributed by atoms with E-state index in [0.29, 0.717) is 6.92 Å². The fourth-order valence-corrected chi connectivity index (χ4v) is 0.725. The van der Waals surface area contributed by atoms with Gasteiger partial charge in [-0.3, -0.25) is 9.59 Å². The molecule has 0 fully saturated rings. The molecule has 0 saturated heterocycles. The zero-order valence-electron chi connectivity index (χ0n) is 9.06. The van der Waals surface area contributed by atoms with Crippen molar-refractivity contribution in [1.29, 1.82) is 0 Å². The van der Waals surface area contributed by atoms with Crippen LogP contribution in [0.5, 0.6) is 0 Å². The number of hydrogen-bond donors (Lipinski definition) is 1. The molecular weight excluding hydrogens is 227 g/mol. The third kappa shape index (κ3) is 7.08. The third-order valence-electron chi connectivity index (χ3n) is 1.64. The van der Waals surface area contributed by atoms with Crippen LogP contribution >= 0.6 is 0 Å². The lowest BCUT2D eigenvalue weighted by molar-refractivity contribution is -0.150. The van der Waals surface area contributed by atoms with Gasteiger partial charge >= 0.3 is 5.97 Å². The Hall–Kier alpha value is -1.27. The molecule has 1 amide bonds. The van der Waals surface area contributed by atoms with Gasteiger partial charge in [-0.25, -0.2) is 13.2 Å². The molecule has 0 bridgehead atoms. The van der Waals surface area contributed by atoms with Gasteiger partial charge in [0.1, 0.15) is 6.61 Å². The van der Waals surface area contributed by atoms with Gasteiger partial charge in [-0.1, -0.05) is 0 Å². The number of ether oxygens (including phenoxy) is 1. The highest BCUT2D eigenvalue weighted by Gasteiger charge is 2.35. The molecule has 7 heteroatoms. The number of carbonyl (C=O) groups is 2. The van der Waals surface area contributed by atoms with Crippen LogP contribution in [0, 0.1) is 0 Å². The monoisotopic (exact) mass is 241 g/mol. The van der Waals surface area contributed by atoms with Crippen molar-refractivity contribution < 1.29 is 27.5 Å². The molecule has 0 aliphatic rings. The van der Waals surface area contributed by atoms with Crippen molar-refractivity contribution >= 4 is 11.9 Å². The molecule has 0 aromatic heterocycles. The van der Waals surface area contributed by atoms with Gasteiger partial charge in [0.05, 0.1) is 6.42 Å². The van der Waals surface area contributed by atoms with Crippen molar-refractivity contribution in [2.24, 2.45) is 0 Å². The van der Waals surface area contributed by atoms with Crippen LogP contribution in [0.1, 0.15) is 20.3 Å². The van der Waals surface area contributed by atoms with E-state index in [-0.39, 0.29) is 18.9 Å². The highest BCUT2D eigenvalue weighted by atomic mass is 19.3. The van der Waals surface area contributed by atoms with Crippen LogP contribution in [0.4, 0.5) is 13.2 Å². The van der Waals surface area contributed by atoms with E-state index in [1.807, 2.05) is 0 Å². The first-order valence-corrected chi connectivity index (χ1v) is 4.65. The van der Waals surface area contributed by atoms with Crippen molar-refractivity contribution in [1.82, 2.24) is 5.32 Å². The molecule has 4 nitrogen and oxygen atoms in total. The minimum absolute atomic E-state index is 0.0354. The number of halogens is 3. The van der Waals surface area contributed by atoms with Gasteiger partial charge < -0.3 is 10.1 Å². The van der Waals surface area contributed by atoms with Crippen molar-refractivity contribution in [2.45, 2.75) is 32.4 Å². The van der Waals surface area contributed by atoms with Crippen LogP contribution in [0.3, 0.4) is 0 Å². The van der Waals surface area contributed by atoms with Crippen LogP contribution in [-0.4, -0.2) is 37.1 Å². The summed E-state index contributed by atoms with van der Waals surface area (Å²) in [6, 6.07) is 0. The van der Waals surface area contributed by atoms with Crippen molar-refractivity contribution in [2.75, 3.05) is 13.2 Å². The Morgan fingerprint density at radius 2 is 2.00 bits per heavy atom. The number of rotatable bonds is 6. The maximum absolute atomic E-state index is 12.6. The maximum atomic E-state index is 12.6. The minimum Gasteiger partial charge on any atom is -0.462 e. The van der Waals surface area contributed by atoms with Crippen molar-refractivity contribution in [3.63, 3.8) is 0 Å². The molecule has 1 N–H and O–H groups in total. The first kappa shape index (κ1) is 14.7. The Balaban J connectivity index is 3.70. The van der Waals surface area contributed by atoms with E-state index in [2.05, 4.69) is 10.1 Å². The molecule has 0 heterocycles. The summed E-state index contributed by atoms with van der Waals surface area (Å²) in [6.45, 7) is 0.722. The average Bonchev–Trinajstić information content (AvgIpc) is 2.11. The SMILES string of the molecule is CC(=O)NCCC(=O)OCC(F)C(C)(F)F. The third-order valence-corrected chi connectivity index (χ3v) is 1.64. The fraction of sp³-hybridized carbons (Fsp3) is 0.778. The van der Waals surface area contributed by atoms with Gasteiger partial charge in [0.2, 0.25) is 5.91 Å². The highest BCUT2D eigenvalue weighted by molar-refractivity contribution is 5.74. The number of carbonyl (C=O) groups excluding carboxylic acids is 2. The Labute approximate surface area is 91.1 Å². The molecule has 0 aliphatic heterocycles. The average molecular weight is 241 g/mol. The smallest absolute Gasteiger partial charge is 0.307 e. The van der Waals surface area contributed by atoms with E-state index in [9.17, 15) is 22.8 Å². The molecule has 0 aliphatic carbocycles. The molecule has 1 unspecified atom stereocenters. The van der Waals surface area contributed by atoms with Gasteiger partial charge in [-0.05, 0) is 0 Å². The standard InChI is InChI=1S/C9H14F3NO3/c1-6(14)13-4-3-8(15)16-5-7(10)9(2,11)12/h7H,3-5H2,1-2H3,(H,13,14). The summed E-state index contributed by atoms with van der Waals surface area (Å²) in [7, 11) is 0. The zero-order valence-corrected chi connectivity index (χ0v) is 9.06. The van der Waals surface area contributed by atoms with Crippen LogP contribution in [0.25, 0.3) is 0 Å². The van der Waals surface area contributed by atoms with Gasteiger partial charge in [-0.2, -0.15) is 0 Å². The number of esters is 1. The predicted molar refractivity (Wildman–Crippen MR) is 49.8 cm³/mol. The number of amides is 1. The molecule has 0 saturated carbocycles. The lowest BCUT2D eigenvalue weighted by Crippen LogP contribution is -2.32. The second-order valence-corrected chi connectivity index (χ2v) is 3.34. The van der Waals surface area contributed by atoms with E-state index in [0.717, 1.165) is 0 Å². The molecule has 0 spiro atoms. The van der Waals surface area contributed by atoms with Gasteiger partial charge in [-0.15, -0.1) is 0 Å². The maximum Gasteiger partial charge on any atom is 0.307 e. The molecule has 0 aromatic rings. The normalized spacial score (nSPS) is 13.1. The minimum atomic E-state index is -3.53. The molecule has 94 valence electrons. The Morgan fingerprint density at radius 3 is 2.44 bits per heavy atom. The zero-order chi connectivity index (χ0) is 12.8. The van der Waals surface area contributed by atoms with E-state index < -0.39 is 24.7 Å². The van der Waals surface area contributed by atoms with Gasteiger partial charge in [0.25, 0.3) is 5.92 Å². The molecule has 0 aromatic carbocycles. The largest absolute Gasteiger partial charge is 0.462 e. The second-order valence-electron chi connectivity index (χ2n) is 3.34. The summed E-state index contributed by atoms with van der Waals surface area (Å²) < 4.78 is 41.5. The lowest BCUT2D eigenvalue weighted by Gasteiger charge is -2.15. The number of hydrogen-bond acceptors (Lipinski definition) is 3. The summed E-state index contributed by atoms with van der Waals surface area (Å²) in [6.07, 6.45) is -2.70. The topological polar surface area (TPSA) is 55.4 Å². The lowest BCUT2D eigenvalue weighted by atomic mass is 10.2. The summed E-state index contributed by atoms with van der Waals surface area (Å²) in [5, 5.41) is 2.31. The summed E-state index contributed by atoms with van der Waals surface area (Å²) in [4.78, 5) is 21.3. The van der Waals surface area contributed by atoms with Crippen LogP contribution in [-0.2, 0) is 14.3 Å². The fourth-order valence-electron chi connectivity index (χ4n) is 0.725. The first-order valence-electron chi connectivity index (χ1n) is 4.65. The van der Waals surface area contributed by atoms with Gasteiger partial charge in [0, 0.05) is 20.4 Å². The van der Waals surface area contributed by atoms with E-state index in [1.54, 1.807) is 0 Å². The molecule has 1 atom stereocenters. The predicted octanol–water partition coefficient (Wildman–Crippen LogP) is 1.05. The van der Waals surface area contributed by atoms with Crippen LogP contribution in [0.15, 0.2) is 0 Å². The second kappa shape index (κ2) is 6.34. The van der Waals surface area contributed by atoms with E-state index in [1.165, 1.54) is 6.92 Å². The summed E-state index contributed by atoms with van der Waals surface area (Å²) >= 11 is 0. The molecule has 0 rings (SSSR count). The highest BCUT2D eigenvalue weighted by Crippen LogP contribution is 2.20. The number of nitrogens with one attached hydrogen (secondary N) is 1. The van der Waals surface area contributed by atoms with Crippen molar-refractivity contribution in [3.8, 4) is 0 Å². The van der Waals surface area contributed by atoms with Crippen LogP contribution < -0.4 is 5.32 Å². The molecular formula is C9H14F3NO3. The molecule has 16 heavy (non-hydrogen) atoms. The first-order chi connectivity index (χ1) is 7.23. The molecule has 0 radical (unpaired) electrons. The Morgan fingerprint density at radius 1 is 1.44 bits per heavy atom. The van der Waals surface area contributed by atoms with E-state index in [4.69, 9.17) is 0 Å². The summed E-state index contributed by atoms with van der Waals surface area (Å²) in [5.74, 6) is -4.69. The number of alkyl halides is 3. The quantitative estimate of drug-likeness (QED) is 0.707. The van der Waals surface area contributed by atoms with Gasteiger partial charge in [0.15, 0.2) is 6.17 Å². The van der Waals surface area contributed by atoms with Crippen LogP contribution in [0.2, 0.25) is 0 Å². The Bertz CT molecular complexity index is 253.